The third-order valence-electron chi connectivity index (χ3n) is 5.54. The monoisotopic (exact) mass is 410 g/mol. The fourth-order valence-corrected chi connectivity index (χ4v) is 4.06. The summed E-state index contributed by atoms with van der Waals surface area (Å²) in [5.41, 5.74) is 1.000. The molecule has 0 aromatic heterocycles. The lowest BCUT2D eigenvalue weighted by atomic mass is 9.84. The third kappa shape index (κ3) is 7.47. The summed E-state index contributed by atoms with van der Waals surface area (Å²) in [6, 6.07) is 14.1. The molecule has 0 spiro atoms. The number of fused-ring (bicyclic) bond motifs is 1. The van der Waals surface area contributed by atoms with Crippen molar-refractivity contribution in [2.45, 2.75) is 73.3 Å². The SMILES string of the molecule is CCC(C)N(CCC(=O)Nc1ccc2ccccc2c1)C(=O)CC(C)CC(C)(C)C. The molecule has 2 atom stereocenters. The zero-order valence-corrected chi connectivity index (χ0v) is 19.5. The lowest BCUT2D eigenvalue weighted by Gasteiger charge is -2.31. The molecule has 4 nitrogen and oxygen atoms in total. The van der Waals surface area contributed by atoms with Crippen LogP contribution in [0.25, 0.3) is 10.8 Å². The quantitative estimate of drug-likeness (QED) is 0.530. The highest BCUT2D eigenvalue weighted by atomic mass is 16.2. The maximum absolute atomic E-state index is 13.0. The highest BCUT2D eigenvalue weighted by Crippen LogP contribution is 2.27. The second kappa shape index (κ2) is 10.6. The van der Waals surface area contributed by atoms with Crippen LogP contribution in [0.1, 0.15) is 67.2 Å². The van der Waals surface area contributed by atoms with Crippen LogP contribution in [0.15, 0.2) is 42.5 Å². The van der Waals surface area contributed by atoms with Gasteiger partial charge in [0.15, 0.2) is 0 Å². The maximum atomic E-state index is 13.0. The van der Waals surface area contributed by atoms with E-state index in [0.29, 0.717) is 25.3 Å². The standard InChI is InChI=1S/C26H38N2O2/c1-7-20(3)28(25(30)16-19(2)18-26(4,5)6)15-14-24(29)27-23-13-12-21-10-8-9-11-22(21)17-23/h8-13,17,19-20H,7,14-16,18H2,1-6H3,(H,27,29). The van der Waals surface area contributed by atoms with Gasteiger partial charge in [0.25, 0.3) is 0 Å². The van der Waals surface area contributed by atoms with Gasteiger partial charge in [-0.3, -0.25) is 9.59 Å². The molecule has 1 N–H and O–H groups in total. The molecular formula is C26H38N2O2. The van der Waals surface area contributed by atoms with Crippen LogP contribution < -0.4 is 5.32 Å². The van der Waals surface area contributed by atoms with Gasteiger partial charge in [-0.1, -0.05) is 65.0 Å². The summed E-state index contributed by atoms with van der Waals surface area (Å²) >= 11 is 0. The van der Waals surface area contributed by atoms with Crippen molar-refractivity contribution in [3.63, 3.8) is 0 Å². The summed E-state index contributed by atoms with van der Waals surface area (Å²) < 4.78 is 0. The van der Waals surface area contributed by atoms with Gasteiger partial charge < -0.3 is 10.2 Å². The van der Waals surface area contributed by atoms with Gasteiger partial charge in [-0.2, -0.15) is 0 Å². The predicted octanol–water partition coefficient (Wildman–Crippen LogP) is 6.26. The van der Waals surface area contributed by atoms with E-state index in [2.05, 4.69) is 52.9 Å². The molecule has 4 heteroatoms. The number of carbonyl (C=O) groups excluding carboxylic acids is 2. The van der Waals surface area contributed by atoms with Gasteiger partial charge in [-0.15, -0.1) is 0 Å². The Morgan fingerprint density at radius 3 is 2.33 bits per heavy atom. The van der Waals surface area contributed by atoms with E-state index in [0.717, 1.165) is 29.3 Å². The average molecular weight is 411 g/mol. The number of amides is 2. The first-order valence-electron chi connectivity index (χ1n) is 11.2. The Labute approximate surface area is 182 Å². The number of benzene rings is 2. The number of hydrogen-bond donors (Lipinski definition) is 1. The zero-order chi connectivity index (χ0) is 22.3. The molecule has 0 radical (unpaired) electrons. The molecule has 0 aliphatic rings. The molecule has 2 aromatic rings. The van der Waals surface area contributed by atoms with Crippen molar-refractivity contribution >= 4 is 28.3 Å². The molecule has 0 saturated carbocycles. The minimum absolute atomic E-state index is 0.0610. The largest absolute Gasteiger partial charge is 0.339 e. The Morgan fingerprint density at radius 1 is 1.03 bits per heavy atom. The van der Waals surface area contributed by atoms with Crippen LogP contribution in [-0.2, 0) is 9.59 Å². The number of anilines is 1. The van der Waals surface area contributed by atoms with E-state index in [9.17, 15) is 9.59 Å². The van der Waals surface area contributed by atoms with Crippen LogP contribution >= 0.6 is 0 Å². The van der Waals surface area contributed by atoms with Crippen molar-refractivity contribution in [3.05, 3.63) is 42.5 Å². The van der Waals surface area contributed by atoms with Crippen molar-refractivity contribution in [1.29, 1.82) is 0 Å². The van der Waals surface area contributed by atoms with E-state index in [-0.39, 0.29) is 23.3 Å². The van der Waals surface area contributed by atoms with Crippen LogP contribution in [0, 0.1) is 11.3 Å². The van der Waals surface area contributed by atoms with Gasteiger partial charge in [0.2, 0.25) is 11.8 Å². The van der Waals surface area contributed by atoms with E-state index >= 15 is 0 Å². The molecule has 2 rings (SSSR count). The Balaban J connectivity index is 1.95. The van der Waals surface area contributed by atoms with Crippen LogP contribution in [0.4, 0.5) is 5.69 Å². The number of nitrogens with one attached hydrogen (secondary N) is 1. The molecule has 0 aliphatic carbocycles. The van der Waals surface area contributed by atoms with Crippen LogP contribution in [-0.4, -0.2) is 29.3 Å². The fourth-order valence-electron chi connectivity index (χ4n) is 4.06. The van der Waals surface area contributed by atoms with E-state index in [1.54, 1.807) is 0 Å². The summed E-state index contributed by atoms with van der Waals surface area (Å²) in [4.78, 5) is 27.4. The first-order chi connectivity index (χ1) is 14.1. The fraction of sp³-hybridized carbons (Fsp3) is 0.538. The molecule has 0 fully saturated rings. The predicted molar refractivity (Wildman–Crippen MR) is 127 cm³/mol. The van der Waals surface area contributed by atoms with Crippen LogP contribution in [0.2, 0.25) is 0 Å². The summed E-state index contributed by atoms with van der Waals surface area (Å²) in [7, 11) is 0. The molecule has 164 valence electrons. The Kier molecular flexibility index (Phi) is 8.45. The lowest BCUT2D eigenvalue weighted by molar-refractivity contribution is -0.134. The maximum Gasteiger partial charge on any atom is 0.226 e. The first kappa shape index (κ1) is 23.9. The van der Waals surface area contributed by atoms with E-state index in [1.165, 1.54) is 0 Å². The van der Waals surface area contributed by atoms with Gasteiger partial charge in [0.1, 0.15) is 0 Å². The van der Waals surface area contributed by atoms with Crippen molar-refractivity contribution in [1.82, 2.24) is 4.90 Å². The highest BCUT2D eigenvalue weighted by Gasteiger charge is 2.24. The average Bonchev–Trinajstić information content (AvgIpc) is 2.66. The molecular weight excluding hydrogens is 372 g/mol. The summed E-state index contributed by atoms with van der Waals surface area (Å²) in [5, 5.41) is 5.22. The number of carbonyl (C=O) groups is 2. The third-order valence-corrected chi connectivity index (χ3v) is 5.54. The summed E-state index contributed by atoms with van der Waals surface area (Å²) in [5.74, 6) is 0.421. The van der Waals surface area contributed by atoms with E-state index < -0.39 is 0 Å². The Morgan fingerprint density at radius 2 is 1.70 bits per heavy atom. The van der Waals surface area contributed by atoms with Crippen molar-refractivity contribution < 1.29 is 9.59 Å². The second-order valence-corrected chi connectivity index (χ2v) is 9.78. The molecule has 2 unspecified atom stereocenters. The molecule has 2 amide bonds. The van der Waals surface area contributed by atoms with Gasteiger partial charge in [-0.25, -0.2) is 0 Å². The van der Waals surface area contributed by atoms with E-state index in [1.807, 2.05) is 41.3 Å². The normalized spacial score (nSPS) is 13.7. The minimum Gasteiger partial charge on any atom is -0.339 e. The lowest BCUT2D eigenvalue weighted by Crippen LogP contribution is -2.41. The topological polar surface area (TPSA) is 49.4 Å². The van der Waals surface area contributed by atoms with Crippen molar-refractivity contribution in [3.8, 4) is 0 Å². The molecule has 2 aromatic carbocycles. The van der Waals surface area contributed by atoms with Crippen LogP contribution in [0.3, 0.4) is 0 Å². The van der Waals surface area contributed by atoms with Gasteiger partial charge in [0, 0.05) is 31.1 Å². The Hall–Kier alpha value is -2.36. The molecule has 30 heavy (non-hydrogen) atoms. The molecule has 0 aliphatic heterocycles. The van der Waals surface area contributed by atoms with Gasteiger partial charge in [-0.05, 0) is 54.0 Å². The number of hydrogen-bond acceptors (Lipinski definition) is 2. The smallest absolute Gasteiger partial charge is 0.226 e. The second-order valence-electron chi connectivity index (χ2n) is 9.78. The molecule has 0 bridgehead atoms. The highest BCUT2D eigenvalue weighted by molar-refractivity contribution is 5.94. The summed E-state index contributed by atoms with van der Waals surface area (Å²) in [6.07, 6.45) is 2.73. The number of nitrogens with zero attached hydrogens (tertiary/aromatic N) is 1. The summed E-state index contributed by atoms with van der Waals surface area (Å²) in [6.45, 7) is 13.4. The van der Waals surface area contributed by atoms with E-state index in [4.69, 9.17) is 0 Å². The molecule has 0 saturated heterocycles. The number of rotatable bonds is 9. The van der Waals surface area contributed by atoms with Crippen molar-refractivity contribution in [2.24, 2.45) is 11.3 Å². The van der Waals surface area contributed by atoms with Gasteiger partial charge >= 0.3 is 0 Å². The van der Waals surface area contributed by atoms with Gasteiger partial charge in [0.05, 0.1) is 0 Å². The van der Waals surface area contributed by atoms with Crippen molar-refractivity contribution in [2.75, 3.05) is 11.9 Å². The zero-order valence-electron chi connectivity index (χ0n) is 19.5. The first-order valence-corrected chi connectivity index (χ1v) is 11.2. The van der Waals surface area contributed by atoms with Crippen LogP contribution in [0.5, 0.6) is 0 Å². The molecule has 0 heterocycles. The minimum atomic E-state index is -0.0610. The Bertz CT molecular complexity index is 853.